The smallest absolute Gasteiger partial charge is 0.0373 e. The fourth-order valence-electron chi connectivity index (χ4n) is 3.70. The Balaban J connectivity index is 1.53. The summed E-state index contributed by atoms with van der Waals surface area (Å²) in [6.07, 6.45) is 2.49. The van der Waals surface area contributed by atoms with E-state index in [-0.39, 0.29) is 0 Å². The molecule has 0 aromatic heterocycles. The number of rotatable bonds is 3. The summed E-state index contributed by atoms with van der Waals surface area (Å²) in [7, 11) is 0. The fraction of sp³-hybridized carbons (Fsp3) is 0.667. The van der Waals surface area contributed by atoms with E-state index in [4.69, 9.17) is 0 Å². The molecular weight excluding hydrogens is 258 g/mol. The highest BCUT2D eigenvalue weighted by Crippen LogP contribution is 2.23. The molecule has 1 aromatic carbocycles. The van der Waals surface area contributed by atoms with Crippen molar-refractivity contribution in [1.82, 2.24) is 9.80 Å². The van der Waals surface area contributed by atoms with Crippen molar-refractivity contribution in [1.29, 1.82) is 0 Å². The second-order valence-electron chi connectivity index (χ2n) is 6.96. The molecule has 0 saturated carbocycles. The van der Waals surface area contributed by atoms with Crippen molar-refractivity contribution in [2.45, 2.75) is 32.7 Å². The Morgan fingerprint density at radius 2 is 1.90 bits per heavy atom. The van der Waals surface area contributed by atoms with Crippen LogP contribution < -0.4 is 5.32 Å². The summed E-state index contributed by atoms with van der Waals surface area (Å²) in [4.78, 5) is 5.33. The summed E-state index contributed by atoms with van der Waals surface area (Å²) in [6, 6.07) is 9.48. The van der Waals surface area contributed by atoms with E-state index in [0.717, 1.165) is 12.5 Å². The number of para-hydroxylation sites is 1. The molecule has 21 heavy (non-hydrogen) atoms. The normalized spacial score (nSPS) is 24.4. The van der Waals surface area contributed by atoms with Crippen molar-refractivity contribution in [3.8, 4) is 0 Å². The maximum atomic E-state index is 3.66. The Hall–Kier alpha value is -1.06. The number of anilines is 1. The number of hydrogen-bond acceptors (Lipinski definition) is 3. The third-order valence-corrected chi connectivity index (χ3v) is 4.84. The highest BCUT2D eigenvalue weighted by molar-refractivity contribution is 5.52. The third-order valence-electron chi connectivity index (χ3n) is 4.84. The lowest BCUT2D eigenvalue weighted by Gasteiger charge is -2.39. The van der Waals surface area contributed by atoms with Crippen molar-refractivity contribution in [2.24, 2.45) is 5.92 Å². The molecule has 1 unspecified atom stereocenters. The van der Waals surface area contributed by atoms with Crippen LogP contribution in [0.2, 0.25) is 0 Å². The number of nitrogens with one attached hydrogen (secondary N) is 1. The average molecular weight is 287 g/mol. The second-order valence-corrected chi connectivity index (χ2v) is 6.96. The van der Waals surface area contributed by atoms with Gasteiger partial charge in [0, 0.05) is 51.0 Å². The molecule has 0 radical (unpaired) electrons. The van der Waals surface area contributed by atoms with E-state index in [2.05, 4.69) is 53.2 Å². The SMILES string of the molecule is CC(C)CN1CCN(C2CCc3ccccc3NC2)CC1. The molecule has 1 fully saturated rings. The number of aryl methyl sites for hydroxylation is 1. The standard InChI is InChI=1S/C18H29N3/c1-15(2)14-20-9-11-21(12-10-20)17-8-7-16-5-3-4-6-18(16)19-13-17/h3-6,15,17,19H,7-14H2,1-2H3. The number of fused-ring (bicyclic) bond motifs is 1. The molecule has 3 rings (SSSR count). The van der Waals surface area contributed by atoms with Gasteiger partial charge < -0.3 is 10.2 Å². The Labute approximate surface area is 129 Å². The Morgan fingerprint density at radius 3 is 2.67 bits per heavy atom. The minimum absolute atomic E-state index is 0.693. The molecule has 1 aromatic rings. The molecule has 0 amide bonds. The molecule has 3 nitrogen and oxygen atoms in total. The minimum Gasteiger partial charge on any atom is -0.383 e. The summed E-state index contributed by atoms with van der Waals surface area (Å²) in [6.45, 7) is 11.9. The van der Waals surface area contributed by atoms with Gasteiger partial charge in [0.15, 0.2) is 0 Å². The molecule has 2 aliphatic heterocycles. The molecule has 1 atom stereocenters. The van der Waals surface area contributed by atoms with Gasteiger partial charge in [0.05, 0.1) is 0 Å². The lowest BCUT2D eigenvalue weighted by molar-refractivity contribution is 0.0902. The highest BCUT2D eigenvalue weighted by atomic mass is 15.3. The van der Waals surface area contributed by atoms with E-state index >= 15 is 0 Å². The first-order chi connectivity index (χ1) is 10.2. The summed E-state index contributed by atoms with van der Waals surface area (Å²) in [5.74, 6) is 0.783. The van der Waals surface area contributed by atoms with Gasteiger partial charge in [-0.05, 0) is 30.4 Å². The van der Waals surface area contributed by atoms with E-state index < -0.39 is 0 Å². The zero-order valence-corrected chi connectivity index (χ0v) is 13.5. The van der Waals surface area contributed by atoms with Gasteiger partial charge in [-0.3, -0.25) is 4.90 Å². The first-order valence-corrected chi connectivity index (χ1v) is 8.50. The Kier molecular flexibility index (Phi) is 4.81. The van der Waals surface area contributed by atoms with Crippen molar-refractivity contribution in [2.75, 3.05) is 44.6 Å². The average Bonchev–Trinajstić information content (AvgIpc) is 2.70. The van der Waals surface area contributed by atoms with Gasteiger partial charge >= 0.3 is 0 Å². The fourth-order valence-corrected chi connectivity index (χ4v) is 3.70. The van der Waals surface area contributed by atoms with Gasteiger partial charge in [-0.25, -0.2) is 0 Å². The second kappa shape index (κ2) is 6.80. The first-order valence-electron chi connectivity index (χ1n) is 8.50. The van der Waals surface area contributed by atoms with Gasteiger partial charge in [0.25, 0.3) is 0 Å². The zero-order chi connectivity index (χ0) is 14.7. The van der Waals surface area contributed by atoms with Crippen molar-refractivity contribution in [3.63, 3.8) is 0 Å². The molecule has 1 N–H and O–H groups in total. The zero-order valence-electron chi connectivity index (χ0n) is 13.5. The summed E-state index contributed by atoms with van der Waals surface area (Å²) in [5, 5.41) is 3.66. The lowest BCUT2D eigenvalue weighted by atomic mass is 10.0. The predicted molar refractivity (Wildman–Crippen MR) is 89.9 cm³/mol. The van der Waals surface area contributed by atoms with Crippen LogP contribution in [0.5, 0.6) is 0 Å². The molecule has 2 aliphatic rings. The number of hydrogen-bond donors (Lipinski definition) is 1. The summed E-state index contributed by atoms with van der Waals surface area (Å²) < 4.78 is 0. The van der Waals surface area contributed by atoms with E-state index in [1.54, 1.807) is 0 Å². The van der Waals surface area contributed by atoms with Crippen molar-refractivity contribution < 1.29 is 0 Å². The Morgan fingerprint density at radius 1 is 1.14 bits per heavy atom. The van der Waals surface area contributed by atoms with Gasteiger partial charge in [0.1, 0.15) is 0 Å². The number of piperazine rings is 1. The van der Waals surface area contributed by atoms with Crippen LogP contribution in [0, 0.1) is 5.92 Å². The van der Waals surface area contributed by atoms with Gasteiger partial charge in [-0.1, -0.05) is 32.0 Å². The molecule has 2 heterocycles. The molecule has 0 aliphatic carbocycles. The highest BCUT2D eigenvalue weighted by Gasteiger charge is 2.25. The van der Waals surface area contributed by atoms with Gasteiger partial charge in [-0.15, -0.1) is 0 Å². The molecule has 3 heteroatoms. The monoisotopic (exact) mass is 287 g/mol. The van der Waals surface area contributed by atoms with Crippen LogP contribution in [-0.4, -0.2) is 55.1 Å². The molecule has 1 saturated heterocycles. The Bertz CT molecular complexity index is 423. The van der Waals surface area contributed by atoms with Crippen LogP contribution in [0.3, 0.4) is 0 Å². The predicted octanol–water partition coefficient (Wildman–Crippen LogP) is 2.69. The number of nitrogens with zero attached hydrogens (tertiary/aromatic N) is 2. The van der Waals surface area contributed by atoms with E-state index in [1.165, 1.54) is 56.8 Å². The molecule has 0 spiro atoms. The maximum Gasteiger partial charge on any atom is 0.0373 e. The third kappa shape index (κ3) is 3.78. The van der Waals surface area contributed by atoms with Gasteiger partial charge in [-0.2, -0.15) is 0 Å². The van der Waals surface area contributed by atoms with Crippen molar-refractivity contribution >= 4 is 5.69 Å². The molecule has 116 valence electrons. The largest absolute Gasteiger partial charge is 0.383 e. The number of benzene rings is 1. The van der Waals surface area contributed by atoms with Crippen LogP contribution in [0.1, 0.15) is 25.8 Å². The van der Waals surface area contributed by atoms with Crippen LogP contribution >= 0.6 is 0 Å². The van der Waals surface area contributed by atoms with Crippen LogP contribution in [0.25, 0.3) is 0 Å². The molecular formula is C18H29N3. The van der Waals surface area contributed by atoms with E-state index in [1.807, 2.05) is 0 Å². The molecule has 0 bridgehead atoms. The maximum absolute atomic E-state index is 3.66. The van der Waals surface area contributed by atoms with Crippen molar-refractivity contribution in [3.05, 3.63) is 29.8 Å². The summed E-state index contributed by atoms with van der Waals surface area (Å²) >= 11 is 0. The lowest BCUT2D eigenvalue weighted by Crippen LogP contribution is -2.52. The summed E-state index contributed by atoms with van der Waals surface area (Å²) in [5.41, 5.74) is 2.83. The first kappa shape index (κ1) is 14.9. The van der Waals surface area contributed by atoms with E-state index in [0.29, 0.717) is 6.04 Å². The van der Waals surface area contributed by atoms with Crippen LogP contribution in [-0.2, 0) is 6.42 Å². The topological polar surface area (TPSA) is 18.5 Å². The quantitative estimate of drug-likeness (QED) is 0.922. The van der Waals surface area contributed by atoms with Crippen LogP contribution in [0.4, 0.5) is 5.69 Å². The van der Waals surface area contributed by atoms with Gasteiger partial charge in [0.2, 0.25) is 0 Å². The van der Waals surface area contributed by atoms with Crippen LogP contribution in [0.15, 0.2) is 24.3 Å². The minimum atomic E-state index is 0.693. The van der Waals surface area contributed by atoms with E-state index in [9.17, 15) is 0 Å².